The highest BCUT2D eigenvalue weighted by atomic mass is 16.5. The minimum Gasteiger partial charge on any atom is -0.387 e. The van der Waals surface area contributed by atoms with E-state index < -0.39 is 0 Å². The summed E-state index contributed by atoms with van der Waals surface area (Å²) in [6, 6.07) is 13.6. The number of hydrogen-bond acceptors (Lipinski definition) is 5. The van der Waals surface area contributed by atoms with Crippen molar-refractivity contribution < 1.29 is 4.52 Å². The van der Waals surface area contributed by atoms with Crippen LogP contribution in [-0.2, 0) is 6.42 Å². The summed E-state index contributed by atoms with van der Waals surface area (Å²) in [5, 5.41) is 7.12. The van der Waals surface area contributed by atoms with Gasteiger partial charge < -0.3 is 9.84 Å². The van der Waals surface area contributed by atoms with E-state index in [0.717, 1.165) is 16.9 Å². The Morgan fingerprint density at radius 3 is 2.75 bits per heavy atom. The van der Waals surface area contributed by atoms with E-state index in [1.54, 1.807) is 6.20 Å². The third-order valence-corrected chi connectivity index (χ3v) is 2.96. The molecule has 0 amide bonds. The van der Waals surface area contributed by atoms with Gasteiger partial charge in [-0.15, -0.1) is 0 Å². The molecule has 3 rings (SSSR count). The Hall–Kier alpha value is -2.69. The molecule has 3 aromatic rings. The fraction of sp³-hybridized carbons (Fsp3) is 0.133. The van der Waals surface area contributed by atoms with Gasteiger partial charge in [0.2, 0.25) is 0 Å². The summed E-state index contributed by atoms with van der Waals surface area (Å²) in [6.45, 7) is 0. The van der Waals surface area contributed by atoms with Crippen LogP contribution < -0.4 is 5.32 Å². The van der Waals surface area contributed by atoms with Crippen molar-refractivity contribution in [2.24, 2.45) is 0 Å². The molecule has 1 N–H and O–H groups in total. The number of nitrogens with zero attached hydrogens (tertiary/aromatic N) is 3. The highest BCUT2D eigenvalue weighted by molar-refractivity contribution is 5.72. The van der Waals surface area contributed by atoms with E-state index in [-0.39, 0.29) is 0 Å². The predicted octanol–water partition coefficient (Wildman–Crippen LogP) is 2.76. The molecule has 0 radical (unpaired) electrons. The van der Waals surface area contributed by atoms with Crippen molar-refractivity contribution in [2.75, 3.05) is 12.4 Å². The molecule has 0 bridgehead atoms. The molecule has 20 heavy (non-hydrogen) atoms. The van der Waals surface area contributed by atoms with E-state index >= 15 is 0 Å². The third-order valence-electron chi connectivity index (χ3n) is 2.96. The second-order valence-electron chi connectivity index (χ2n) is 4.31. The minimum atomic E-state index is 0.515. The Morgan fingerprint density at radius 2 is 1.95 bits per heavy atom. The molecule has 0 aliphatic rings. The normalized spacial score (nSPS) is 10.4. The number of nitrogens with one attached hydrogen (secondary N) is 1. The molecule has 5 heteroatoms. The summed E-state index contributed by atoms with van der Waals surface area (Å²) in [6.07, 6.45) is 2.32. The maximum Gasteiger partial charge on any atom is 0.260 e. The van der Waals surface area contributed by atoms with Gasteiger partial charge in [-0.05, 0) is 24.3 Å². The molecule has 0 spiro atoms. The molecule has 1 aromatic carbocycles. The second kappa shape index (κ2) is 5.52. The molecule has 2 heterocycles. The van der Waals surface area contributed by atoms with Crippen molar-refractivity contribution in [3.05, 3.63) is 60.2 Å². The first-order valence-corrected chi connectivity index (χ1v) is 6.36. The zero-order valence-electron chi connectivity index (χ0n) is 11.1. The summed E-state index contributed by atoms with van der Waals surface area (Å²) in [5.74, 6) is 1.14. The van der Waals surface area contributed by atoms with Gasteiger partial charge >= 0.3 is 0 Å². The fourth-order valence-corrected chi connectivity index (χ4v) is 1.99. The quantitative estimate of drug-likeness (QED) is 0.786. The van der Waals surface area contributed by atoms with Crippen LogP contribution in [0.15, 0.2) is 53.2 Å². The van der Waals surface area contributed by atoms with Crippen LogP contribution >= 0.6 is 0 Å². The Morgan fingerprint density at radius 1 is 1.10 bits per heavy atom. The summed E-state index contributed by atoms with van der Waals surface area (Å²) >= 11 is 0. The number of rotatable bonds is 4. The minimum absolute atomic E-state index is 0.515. The molecule has 0 fully saturated rings. The third kappa shape index (κ3) is 2.51. The van der Waals surface area contributed by atoms with E-state index in [2.05, 4.69) is 20.4 Å². The van der Waals surface area contributed by atoms with E-state index in [1.165, 1.54) is 0 Å². The van der Waals surface area contributed by atoms with Crippen LogP contribution in [-0.4, -0.2) is 22.2 Å². The number of benzene rings is 1. The second-order valence-corrected chi connectivity index (χ2v) is 4.31. The van der Waals surface area contributed by atoms with Gasteiger partial charge in [-0.25, -0.2) is 0 Å². The van der Waals surface area contributed by atoms with Crippen LogP contribution in [0.3, 0.4) is 0 Å². The number of pyridine rings is 1. The smallest absolute Gasteiger partial charge is 0.260 e. The van der Waals surface area contributed by atoms with Crippen molar-refractivity contribution in [2.45, 2.75) is 6.42 Å². The van der Waals surface area contributed by atoms with Gasteiger partial charge in [0.05, 0.1) is 12.0 Å². The van der Waals surface area contributed by atoms with Crippen LogP contribution in [0.2, 0.25) is 0 Å². The summed E-state index contributed by atoms with van der Waals surface area (Å²) < 4.78 is 5.34. The van der Waals surface area contributed by atoms with E-state index in [9.17, 15) is 0 Å². The van der Waals surface area contributed by atoms with Crippen molar-refractivity contribution in [3.63, 3.8) is 0 Å². The zero-order chi connectivity index (χ0) is 13.8. The molecule has 0 aliphatic heterocycles. The molecule has 2 aromatic heterocycles. The predicted molar refractivity (Wildman–Crippen MR) is 76.3 cm³/mol. The summed E-state index contributed by atoms with van der Waals surface area (Å²) in [7, 11) is 1.87. The molecule has 0 unspecified atom stereocenters. The summed E-state index contributed by atoms with van der Waals surface area (Å²) in [5.41, 5.74) is 2.78. The average Bonchev–Trinajstić information content (AvgIpc) is 2.96. The molecular formula is C15H14N4O. The number of aromatic nitrogens is 3. The van der Waals surface area contributed by atoms with Crippen LogP contribution in [0.25, 0.3) is 11.5 Å². The van der Waals surface area contributed by atoms with Gasteiger partial charge in [0.15, 0.2) is 5.82 Å². The van der Waals surface area contributed by atoms with Gasteiger partial charge in [0, 0.05) is 24.6 Å². The van der Waals surface area contributed by atoms with E-state index in [1.807, 2.05) is 49.5 Å². The molecule has 0 aliphatic carbocycles. The van der Waals surface area contributed by atoms with Gasteiger partial charge in [-0.3, -0.25) is 4.98 Å². The molecule has 0 saturated heterocycles. The Bertz CT molecular complexity index is 694. The van der Waals surface area contributed by atoms with Gasteiger partial charge in [-0.1, -0.05) is 23.4 Å². The topological polar surface area (TPSA) is 63.8 Å². The van der Waals surface area contributed by atoms with Gasteiger partial charge in [-0.2, -0.15) is 4.98 Å². The standard InChI is InChI=1S/C15H14N4O/c1-16-13-8-3-2-7-12(13)15-18-14(19-20-15)10-11-6-4-5-9-17-11/h2-9,16H,10H2,1H3. The molecule has 100 valence electrons. The van der Waals surface area contributed by atoms with Crippen molar-refractivity contribution in [3.8, 4) is 11.5 Å². The lowest BCUT2D eigenvalue weighted by molar-refractivity contribution is 0.424. The highest BCUT2D eigenvalue weighted by Crippen LogP contribution is 2.25. The molecular weight excluding hydrogens is 252 g/mol. The first-order valence-electron chi connectivity index (χ1n) is 6.36. The van der Waals surface area contributed by atoms with E-state index in [4.69, 9.17) is 4.52 Å². The number of anilines is 1. The van der Waals surface area contributed by atoms with Gasteiger partial charge in [0.1, 0.15) is 0 Å². The van der Waals surface area contributed by atoms with Crippen LogP contribution in [0.4, 0.5) is 5.69 Å². The Balaban J connectivity index is 1.87. The summed E-state index contributed by atoms with van der Waals surface area (Å²) in [4.78, 5) is 8.68. The maximum atomic E-state index is 5.34. The van der Waals surface area contributed by atoms with Crippen molar-refractivity contribution in [1.82, 2.24) is 15.1 Å². The monoisotopic (exact) mass is 266 g/mol. The first kappa shape index (κ1) is 12.3. The molecule has 0 saturated carbocycles. The average molecular weight is 266 g/mol. The SMILES string of the molecule is CNc1ccccc1-c1nc(Cc2ccccn2)no1. The fourth-order valence-electron chi connectivity index (χ4n) is 1.99. The Labute approximate surface area is 116 Å². The molecule has 0 atom stereocenters. The van der Waals surface area contributed by atoms with Crippen LogP contribution in [0, 0.1) is 0 Å². The zero-order valence-corrected chi connectivity index (χ0v) is 11.1. The lowest BCUT2D eigenvalue weighted by Crippen LogP contribution is -1.94. The Kier molecular flexibility index (Phi) is 3.41. The maximum absolute atomic E-state index is 5.34. The molecule has 5 nitrogen and oxygen atoms in total. The van der Waals surface area contributed by atoms with Crippen LogP contribution in [0.5, 0.6) is 0 Å². The van der Waals surface area contributed by atoms with Crippen LogP contribution in [0.1, 0.15) is 11.5 Å². The highest BCUT2D eigenvalue weighted by Gasteiger charge is 2.12. The van der Waals surface area contributed by atoms with Crippen molar-refractivity contribution >= 4 is 5.69 Å². The van der Waals surface area contributed by atoms with Gasteiger partial charge in [0.25, 0.3) is 5.89 Å². The lowest BCUT2D eigenvalue weighted by Gasteiger charge is -2.03. The van der Waals surface area contributed by atoms with E-state index in [0.29, 0.717) is 18.1 Å². The lowest BCUT2D eigenvalue weighted by atomic mass is 10.2. The van der Waals surface area contributed by atoms with Crippen molar-refractivity contribution in [1.29, 1.82) is 0 Å². The number of para-hydroxylation sites is 1. The number of hydrogen-bond donors (Lipinski definition) is 1. The largest absolute Gasteiger partial charge is 0.387 e. The first-order chi connectivity index (χ1) is 9.86.